The smallest absolute Gasteiger partial charge is 0.269 e. The van der Waals surface area contributed by atoms with Crippen LogP contribution in [0.15, 0.2) is 30.3 Å². The molecule has 0 unspecified atom stereocenters. The lowest BCUT2D eigenvalue weighted by molar-refractivity contribution is 0.0679. The highest BCUT2D eigenvalue weighted by atomic mass is 19.2. The molecule has 1 aliphatic heterocycles. The van der Waals surface area contributed by atoms with E-state index in [-0.39, 0.29) is 17.7 Å². The number of halogens is 4. The molecule has 9 heteroatoms. The Morgan fingerprint density at radius 2 is 1.78 bits per heavy atom. The molecule has 1 amide bonds. The first-order valence-corrected chi connectivity index (χ1v) is 8.19. The molecule has 0 radical (unpaired) electrons. The maximum absolute atomic E-state index is 13.5. The number of carbonyl (C=O) groups excluding carboxylic acids is 1. The first-order valence-electron chi connectivity index (χ1n) is 8.19. The summed E-state index contributed by atoms with van der Waals surface area (Å²) in [7, 11) is 0. The Balaban J connectivity index is 1.58. The van der Waals surface area contributed by atoms with Crippen LogP contribution in [0.1, 0.15) is 23.2 Å². The number of rotatable bonds is 6. The van der Waals surface area contributed by atoms with E-state index in [2.05, 4.69) is 0 Å². The quantitative estimate of drug-likeness (QED) is 0.454. The first-order chi connectivity index (χ1) is 13.0. The van der Waals surface area contributed by atoms with Gasteiger partial charge in [0.25, 0.3) is 5.91 Å². The largest absolute Gasteiger partial charge is 0.491 e. The minimum Gasteiger partial charge on any atom is -0.491 e. The first kappa shape index (κ1) is 19.0. The van der Waals surface area contributed by atoms with Crippen LogP contribution in [0.5, 0.6) is 5.75 Å². The number of benzene rings is 2. The Labute approximate surface area is 152 Å². The van der Waals surface area contributed by atoms with Crippen molar-refractivity contribution in [2.24, 2.45) is 0 Å². The van der Waals surface area contributed by atoms with Gasteiger partial charge in [-0.2, -0.15) is 0 Å². The van der Waals surface area contributed by atoms with E-state index in [0.717, 1.165) is 19.4 Å². The molecule has 0 bridgehead atoms. The van der Waals surface area contributed by atoms with Gasteiger partial charge in [-0.05, 0) is 37.1 Å². The number of ether oxygens (including phenoxy) is 2. The van der Waals surface area contributed by atoms with E-state index in [9.17, 15) is 22.4 Å². The van der Waals surface area contributed by atoms with Crippen molar-refractivity contribution in [3.05, 3.63) is 59.2 Å². The molecule has 1 atom stereocenters. The summed E-state index contributed by atoms with van der Waals surface area (Å²) in [6.07, 6.45) is 1.98. The van der Waals surface area contributed by atoms with Crippen LogP contribution in [0.3, 0.4) is 0 Å². The molecule has 1 aliphatic rings. The van der Waals surface area contributed by atoms with Crippen molar-refractivity contribution in [2.45, 2.75) is 18.9 Å². The average molecular weight is 384 g/mol. The second kappa shape index (κ2) is 8.26. The van der Waals surface area contributed by atoms with Crippen LogP contribution >= 0.6 is 0 Å². The molecule has 0 saturated carbocycles. The Morgan fingerprint density at radius 1 is 1.11 bits per heavy atom. The molecule has 0 aromatic heterocycles. The van der Waals surface area contributed by atoms with Crippen molar-refractivity contribution < 1.29 is 31.8 Å². The predicted octanol–water partition coefficient (Wildman–Crippen LogP) is 3.56. The SMILES string of the molecule is O=C(NNc1c(F)c(F)cc(F)c1F)c1ccc(OC[C@@H]2CCCO2)cc1. The fourth-order valence-corrected chi connectivity index (χ4v) is 2.54. The molecular formula is C18H16F4N2O3. The normalized spacial score (nSPS) is 16.2. The Hall–Kier alpha value is -2.81. The third-order valence-electron chi connectivity index (χ3n) is 3.99. The summed E-state index contributed by atoms with van der Waals surface area (Å²) in [5.74, 6) is -6.70. The van der Waals surface area contributed by atoms with E-state index in [1.807, 2.05) is 10.9 Å². The zero-order valence-electron chi connectivity index (χ0n) is 14.0. The van der Waals surface area contributed by atoms with Crippen LogP contribution in [0, 0.1) is 23.3 Å². The molecule has 1 saturated heterocycles. The van der Waals surface area contributed by atoms with Crippen LogP contribution < -0.4 is 15.6 Å². The monoisotopic (exact) mass is 384 g/mol. The lowest BCUT2D eigenvalue weighted by Crippen LogP contribution is -2.30. The number of hydrogen-bond donors (Lipinski definition) is 2. The summed E-state index contributed by atoms with van der Waals surface area (Å²) in [5.41, 5.74) is 2.86. The number of hydrogen-bond acceptors (Lipinski definition) is 4. The molecule has 27 heavy (non-hydrogen) atoms. The molecule has 2 aromatic rings. The van der Waals surface area contributed by atoms with E-state index in [1.54, 1.807) is 12.1 Å². The van der Waals surface area contributed by atoms with Crippen LogP contribution in [-0.4, -0.2) is 25.2 Å². The standard InChI is InChI=1S/C18H16F4N2O3/c19-13-8-14(20)16(22)17(15(13)21)23-24-18(25)10-3-5-11(6-4-10)27-9-12-2-1-7-26-12/h3-6,8,12,23H,1-2,7,9H2,(H,24,25)/t12-/m0/s1. The zero-order valence-corrected chi connectivity index (χ0v) is 14.0. The molecular weight excluding hydrogens is 368 g/mol. The maximum atomic E-state index is 13.5. The summed E-state index contributed by atoms with van der Waals surface area (Å²) in [4.78, 5) is 12.0. The summed E-state index contributed by atoms with van der Waals surface area (Å²) in [5, 5.41) is 0. The lowest BCUT2D eigenvalue weighted by atomic mass is 10.2. The van der Waals surface area contributed by atoms with Crippen molar-refractivity contribution >= 4 is 11.6 Å². The van der Waals surface area contributed by atoms with E-state index in [4.69, 9.17) is 9.47 Å². The second-order valence-electron chi connectivity index (χ2n) is 5.89. The molecule has 2 aromatic carbocycles. The molecule has 5 nitrogen and oxygen atoms in total. The third-order valence-corrected chi connectivity index (χ3v) is 3.99. The second-order valence-corrected chi connectivity index (χ2v) is 5.89. The van der Waals surface area contributed by atoms with Crippen molar-refractivity contribution in [3.63, 3.8) is 0 Å². The van der Waals surface area contributed by atoms with Gasteiger partial charge >= 0.3 is 0 Å². The highest BCUT2D eigenvalue weighted by molar-refractivity contribution is 5.95. The van der Waals surface area contributed by atoms with Crippen LogP contribution in [0.4, 0.5) is 23.2 Å². The van der Waals surface area contributed by atoms with Crippen LogP contribution in [0.25, 0.3) is 0 Å². The number of anilines is 1. The minimum atomic E-state index is -1.65. The predicted molar refractivity (Wildman–Crippen MR) is 88.3 cm³/mol. The topological polar surface area (TPSA) is 59.6 Å². The van der Waals surface area contributed by atoms with Gasteiger partial charge in [0.15, 0.2) is 23.3 Å². The summed E-state index contributed by atoms with van der Waals surface area (Å²) in [6, 6.07) is 6.04. The molecule has 1 heterocycles. The number of nitrogens with one attached hydrogen (secondary N) is 2. The van der Waals surface area contributed by atoms with Gasteiger partial charge in [-0.15, -0.1) is 0 Å². The highest BCUT2D eigenvalue weighted by Gasteiger charge is 2.20. The Kier molecular flexibility index (Phi) is 5.80. The van der Waals surface area contributed by atoms with Gasteiger partial charge in [0.2, 0.25) is 0 Å². The van der Waals surface area contributed by atoms with Gasteiger partial charge in [-0.1, -0.05) is 0 Å². The van der Waals surface area contributed by atoms with Crippen molar-refractivity contribution in [1.29, 1.82) is 0 Å². The summed E-state index contributed by atoms with van der Waals surface area (Å²) < 4.78 is 64.3. The maximum Gasteiger partial charge on any atom is 0.269 e. The highest BCUT2D eigenvalue weighted by Crippen LogP contribution is 2.23. The number of hydrazine groups is 1. The number of carbonyl (C=O) groups is 1. The molecule has 0 aliphatic carbocycles. The van der Waals surface area contributed by atoms with Crippen LogP contribution in [0.2, 0.25) is 0 Å². The lowest BCUT2D eigenvalue weighted by Gasteiger charge is -2.13. The van der Waals surface area contributed by atoms with E-state index in [0.29, 0.717) is 12.4 Å². The zero-order chi connectivity index (χ0) is 19.4. The van der Waals surface area contributed by atoms with Crippen LogP contribution in [-0.2, 0) is 4.74 Å². The average Bonchev–Trinajstić information content (AvgIpc) is 3.18. The Morgan fingerprint density at radius 3 is 2.37 bits per heavy atom. The molecule has 144 valence electrons. The molecule has 3 rings (SSSR count). The van der Waals surface area contributed by atoms with Gasteiger partial charge in [-0.3, -0.25) is 15.6 Å². The van der Waals surface area contributed by atoms with E-state index in [1.165, 1.54) is 12.1 Å². The van der Waals surface area contributed by atoms with Crippen molar-refractivity contribution in [3.8, 4) is 5.75 Å². The van der Waals surface area contributed by atoms with Gasteiger partial charge in [0, 0.05) is 18.2 Å². The molecule has 0 spiro atoms. The van der Waals surface area contributed by atoms with Crippen molar-refractivity contribution in [1.82, 2.24) is 5.43 Å². The fraction of sp³-hybridized carbons (Fsp3) is 0.278. The van der Waals surface area contributed by atoms with E-state index < -0.39 is 34.9 Å². The molecule has 1 fully saturated rings. The third kappa shape index (κ3) is 4.48. The summed E-state index contributed by atoms with van der Waals surface area (Å²) in [6.45, 7) is 1.12. The number of amides is 1. The van der Waals surface area contributed by atoms with Gasteiger partial charge in [0.1, 0.15) is 18.0 Å². The van der Waals surface area contributed by atoms with Gasteiger partial charge in [-0.25, -0.2) is 17.6 Å². The fourth-order valence-electron chi connectivity index (χ4n) is 2.54. The van der Waals surface area contributed by atoms with Crippen molar-refractivity contribution in [2.75, 3.05) is 18.6 Å². The van der Waals surface area contributed by atoms with Gasteiger partial charge in [0.05, 0.1) is 6.10 Å². The van der Waals surface area contributed by atoms with E-state index >= 15 is 0 Å². The summed E-state index contributed by atoms with van der Waals surface area (Å²) >= 11 is 0. The minimum absolute atomic E-state index is 0.0497. The van der Waals surface area contributed by atoms with Gasteiger partial charge < -0.3 is 9.47 Å². The molecule has 2 N–H and O–H groups in total. The Bertz CT molecular complexity index is 798.